The van der Waals surface area contributed by atoms with Crippen molar-refractivity contribution < 1.29 is 4.79 Å². The Labute approximate surface area is 89.9 Å². The quantitative estimate of drug-likeness (QED) is 0.787. The number of nitrogens with one attached hydrogen (secondary N) is 1. The van der Waals surface area contributed by atoms with Gasteiger partial charge < -0.3 is 11.1 Å². The maximum absolute atomic E-state index is 11.7. The van der Waals surface area contributed by atoms with E-state index < -0.39 is 0 Å². The fraction of sp³-hybridized carbons (Fsp3) is 0.455. The van der Waals surface area contributed by atoms with Crippen molar-refractivity contribution in [2.45, 2.75) is 32.7 Å². The summed E-state index contributed by atoms with van der Waals surface area (Å²) in [6.45, 7) is 4.08. The van der Waals surface area contributed by atoms with Gasteiger partial charge in [0, 0.05) is 12.2 Å². The number of anilines is 1. The molecule has 0 unspecified atom stereocenters. The third-order valence-electron chi connectivity index (χ3n) is 2.37. The summed E-state index contributed by atoms with van der Waals surface area (Å²) >= 11 is 0. The van der Waals surface area contributed by atoms with Crippen LogP contribution >= 0.6 is 0 Å². The fourth-order valence-electron chi connectivity index (χ4n) is 1.35. The second-order valence-corrected chi connectivity index (χ2v) is 3.43. The van der Waals surface area contributed by atoms with Crippen LogP contribution in [-0.2, 0) is 0 Å². The molecule has 0 atom stereocenters. The summed E-state index contributed by atoms with van der Waals surface area (Å²) in [5, 5.41) is 2.89. The molecule has 0 bridgehead atoms. The van der Waals surface area contributed by atoms with Crippen LogP contribution in [0.4, 0.5) is 5.69 Å². The van der Waals surface area contributed by atoms with Crippen molar-refractivity contribution in [3.63, 3.8) is 0 Å². The highest BCUT2D eigenvalue weighted by Crippen LogP contribution is 2.07. The van der Waals surface area contributed by atoms with Crippen LogP contribution in [-0.4, -0.2) is 16.9 Å². The second kappa shape index (κ2) is 5.34. The van der Waals surface area contributed by atoms with Gasteiger partial charge in [-0.25, -0.2) is 4.98 Å². The molecule has 0 aliphatic rings. The maximum Gasteiger partial charge on any atom is 0.272 e. The van der Waals surface area contributed by atoms with Gasteiger partial charge in [0.1, 0.15) is 0 Å². The van der Waals surface area contributed by atoms with Gasteiger partial charge in [-0.15, -0.1) is 0 Å². The molecule has 0 saturated heterocycles. The van der Waals surface area contributed by atoms with Gasteiger partial charge in [-0.1, -0.05) is 13.8 Å². The Morgan fingerprint density at radius 3 is 2.73 bits per heavy atom. The molecule has 1 heterocycles. The molecule has 1 aromatic heterocycles. The topological polar surface area (TPSA) is 68.0 Å². The molecule has 15 heavy (non-hydrogen) atoms. The average Bonchev–Trinajstić information content (AvgIpc) is 2.26. The molecule has 4 heteroatoms. The predicted molar refractivity (Wildman–Crippen MR) is 60.5 cm³/mol. The van der Waals surface area contributed by atoms with Crippen LogP contribution < -0.4 is 11.1 Å². The van der Waals surface area contributed by atoms with Gasteiger partial charge in [0.2, 0.25) is 0 Å². The highest BCUT2D eigenvalue weighted by atomic mass is 16.1. The molecule has 0 radical (unpaired) electrons. The lowest BCUT2D eigenvalue weighted by molar-refractivity contribution is 0.0931. The van der Waals surface area contributed by atoms with E-state index >= 15 is 0 Å². The summed E-state index contributed by atoms with van der Waals surface area (Å²) in [7, 11) is 0. The molecular formula is C11H17N3O. The lowest BCUT2D eigenvalue weighted by atomic mass is 10.1. The molecular weight excluding hydrogens is 190 g/mol. The van der Waals surface area contributed by atoms with E-state index in [1.807, 2.05) is 13.8 Å². The third kappa shape index (κ3) is 2.94. The molecule has 4 nitrogen and oxygen atoms in total. The van der Waals surface area contributed by atoms with Crippen molar-refractivity contribution in [2.75, 3.05) is 5.73 Å². The summed E-state index contributed by atoms with van der Waals surface area (Å²) in [5.41, 5.74) is 6.38. The van der Waals surface area contributed by atoms with Crippen molar-refractivity contribution >= 4 is 11.6 Å². The Morgan fingerprint density at radius 2 is 2.20 bits per heavy atom. The second-order valence-electron chi connectivity index (χ2n) is 3.43. The van der Waals surface area contributed by atoms with Crippen LogP contribution in [0.15, 0.2) is 18.3 Å². The Morgan fingerprint density at radius 1 is 1.53 bits per heavy atom. The van der Waals surface area contributed by atoms with E-state index in [2.05, 4.69) is 10.3 Å². The average molecular weight is 207 g/mol. The maximum atomic E-state index is 11.7. The molecule has 82 valence electrons. The van der Waals surface area contributed by atoms with Gasteiger partial charge in [0.05, 0.1) is 5.69 Å². The zero-order valence-corrected chi connectivity index (χ0v) is 9.16. The number of nitrogens with zero attached hydrogens (tertiary/aromatic N) is 1. The number of aromatic nitrogens is 1. The number of nitrogen functional groups attached to an aromatic ring is 1. The first kappa shape index (κ1) is 11.5. The molecule has 0 aliphatic heterocycles. The predicted octanol–water partition coefficient (Wildman–Crippen LogP) is 1.58. The third-order valence-corrected chi connectivity index (χ3v) is 2.37. The van der Waals surface area contributed by atoms with E-state index in [0.717, 1.165) is 12.8 Å². The van der Waals surface area contributed by atoms with E-state index in [4.69, 9.17) is 5.73 Å². The minimum Gasteiger partial charge on any atom is -0.397 e. The van der Waals surface area contributed by atoms with E-state index in [1.165, 1.54) is 0 Å². The summed E-state index contributed by atoms with van der Waals surface area (Å²) < 4.78 is 0. The number of carbonyl (C=O) groups excluding carboxylic acids is 1. The van der Waals surface area contributed by atoms with Gasteiger partial charge >= 0.3 is 0 Å². The minimum absolute atomic E-state index is 0.193. The molecule has 0 aliphatic carbocycles. The minimum atomic E-state index is -0.193. The zero-order chi connectivity index (χ0) is 11.3. The van der Waals surface area contributed by atoms with Gasteiger partial charge in [-0.3, -0.25) is 4.79 Å². The Kier molecular flexibility index (Phi) is 4.09. The van der Waals surface area contributed by atoms with E-state index in [1.54, 1.807) is 18.3 Å². The molecule has 0 fully saturated rings. The molecule has 1 amide bonds. The lowest BCUT2D eigenvalue weighted by Gasteiger charge is -2.14. The number of hydrogen-bond donors (Lipinski definition) is 2. The van der Waals surface area contributed by atoms with Crippen LogP contribution in [0.3, 0.4) is 0 Å². The Bertz CT molecular complexity index is 334. The van der Waals surface area contributed by atoms with Gasteiger partial charge in [-0.2, -0.15) is 0 Å². The number of nitrogens with two attached hydrogens (primary N) is 1. The number of pyridine rings is 1. The number of amides is 1. The van der Waals surface area contributed by atoms with Gasteiger partial charge in [0.25, 0.3) is 5.91 Å². The van der Waals surface area contributed by atoms with Crippen LogP contribution in [0, 0.1) is 0 Å². The number of rotatable bonds is 4. The first-order valence-corrected chi connectivity index (χ1v) is 5.20. The van der Waals surface area contributed by atoms with Crippen molar-refractivity contribution in [3.8, 4) is 0 Å². The van der Waals surface area contributed by atoms with Crippen molar-refractivity contribution in [1.29, 1.82) is 0 Å². The summed E-state index contributed by atoms with van der Waals surface area (Å²) in [6, 6.07) is 3.58. The first-order valence-electron chi connectivity index (χ1n) is 5.20. The largest absolute Gasteiger partial charge is 0.397 e. The lowest BCUT2D eigenvalue weighted by Crippen LogP contribution is -2.34. The highest BCUT2D eigenvalue weighted by Gasteiger charge is 2.13. The molecule has 0 spiro atoms. The monoisotopic (exact) mass is 207 g/mol. The smallest absolute Gasteiger partial charge is 0.272 e. The SMILES string of the molecule is CCC(CC)NC(=O)c1ncccc1N. The number of carbonyl (C=O) groups is 1. The summed E-state index contributed by atoms with van der Waals surface area (Å²) in [4.78, 5) is 15.7. The van der Waals surface area contributed by atoms with Crippen LogP contribution in [0.5, 0.6) is 0 Å². The molecule has 0 saturated carbocycles. The molecule has 3 N–H and O–H groups in total. The van der Waals surface area contributed by atoms with E-state index in [9.17, 15) is 4.79 Å². The number of hydrogen-bond acceptors (Lipinski definition) is 3. The Hall–Kier alpha value is -1.58. The van der Waals surface area contributed by atoms with Crippen LogP contribution in [0.1, 0.15) is 37.2 Å². The van der Waals surface area contributed by atoms with Crippen LogP contribution in [0.25, 0.3) is 0 Å². The van der Waals surface area contributed by atoms with Crippen molar-refractivity contribution in [3.05, 3.63) is 24.0 Å². The molecule has 0 aromatic carbocycles. The Balaban J connectivity index is 2.73. The zero-order valence-electron chi connectivity index (χ0n) is 9.16. The van der Waals surface area contributed by atoms with E-state index in [0.29, 0.717) is 11.4 Å². The summed E-state index contributed by atoms with van der Waals surface area (Å²) in [5.74, 6) is -0.193. The van der Waals surface area contributed by atoms with Gasteiger partial charge in [-0.05, 0) is 25.0 Å². The van der Waals surface area contributed by atoms with Crippen LogP contribution in [0.2, 0.25) is 0 Å². The van der Waals surface area contributed by atoms with Crippen molar-refractivity contribution in [2.24, 2.45) is 0 Å². The van der Waals surface area contributed by atoms with Gasteiger partial charge in [0.15, 0.2) is 5.69 Å². The van der Waals surface area contributed by atoms with Crippen molar-refractivity contribution in [1.82, 2.24) is 10.3 Å². The molecule has 1 aromatic rings. The highest BCUT2D eigenvalue weighted by molar-refractivity contribution is 5.97. The van der Waals surface area contributed by atoms with E-state index in [-0.39, 0.29) is 11.9 Å². The molecule has 1 rings (SSSR count). The standard InChI is InChI=1S/C11H17N3O/c1-3-8(4-2)14-11(15)10-9(12)6-5-7-13-10/h5-8H,3-4,12H2,1-2H3,(H,14,15). The fourth-order valence-corrected chi connectivity index (χ4v) is 1.35. The normalized spacial score (nSPS) is 10.3. The summed E-state index contributed by atoms with van der Waals surface area (Å²) in [6.07, 6.45) is 3.39. The first-order chi connectivity index (χ1) is 7.19.